The minimum Gasteiger partial charge on any atom is -0.481 e. The Balaban J connectivity index is 2.29. The Bertz CT molecular complexity index is 1350. The number of carbonyl (C=O) groups is 1. The lowest BCUT2D eigenvalue weighted by atomic mass is 10.0. The summed E-state index contributed by atoms with van der Waals surface area (Å²) in [6.45, 7) is 3.96. The molecule has 0 spiro atoms. The number of benzene rings is 2. The van der Waals surface area contributed by atoms with E-state index in [0.29, 0.717) is 28.1 Å². The first-order valence-electron chi connectivity index (χ1n) is 12.4. The van der Waals surface area contributed by atoms with Gasteiger partial charge in [0, 0.05) is 31.9 Å². The molecule has 0 saturated carbocycles. The number of aromatic nitrogens is 1. The van der Waals surface area contributed by atoms with Gasteiger partial charge in [-0.1, -0.05) is 44.2 Å². The van der Waals surface area contributed by atoms with Gasteiger partial charge in [-0.2, -0.15) is 0 Å². The number of rotatable bonds is 12. The van der Waals surface area contributed by atoms with Crippen molar-refractivity contribution in [3.05, 3.63) is 66.1 Å². The Morgan fingerprint density at radius 2 is 1.58 bits per heavy atom. The van der Waals surface area contributed by atoms with Crippen molar-refractivity contribution in [3.63, 3.8) is 0 Å². The molecule has 0 aliphatic carbocycles. The van der Waals surface area contributed by atoms with Crippen molar-refractivity contribution >= 4 is 16.0 Å². The highest BCUT2D eigenvalue weighted by molar-refractivity contribution is 7.89. The van der Waals surface area contributed by atoms with E-state index < -0.39 is 40.4 Å². The zero-order valence-electron chi connectivity index (χ0n) is 22.0. The molecule has 3 rings (SSSR count). The quantitative estimate of drug-likeness (QED) is 0.311. The lowest BCUT2D eigenvalue weighted by molar-refractivity contribution is -0.139. The molecule has 0 amide bonds. The molecular formula is C28H35FN2O6S. The normalized spacial score (nSPS) is 13.7. The maximum Gasteiger partial charge on any atom is 0.305 e. The molecule has 2 aromatic carbocycles. The van der Waals surface area contributed by atoms with Gasteiger partial charge < -0.3 is 19.9 Å². The summed E-state index contributed by atoms with van der Waals surface area (Å²) in [6, 6.07) is 14.9. The third-order valence-electron chi connectivity index (χ3n) is 6.36. The van der Waals surface area contributed by atoms with Crippen LogP contribution in [0.4, 0.5) is 4.39 Å². The molecule has 2 atom stereocenters. The average molecular weight is 547 g/mol. The van der Waals surface area contributed by atoms with Gasteiger partial charge >= 0.3 is 5.97 Å². The van der Waals surface area contributed by atoms with Gasteiger partial charge in [-0.25, -0.2) is 17.1 Å². The maximum absolute atomic E-state index is 13.9. The summed E-state index contributed by atoms with van der Waals surface area (Å²) in [5, 5.41) is 29.5. The van der Waals surface area contributed by atoms with E-state index >= 15 is 0 Å². The molecule has 0 aliphatic rings. The molecule has 1 heterocycles. The summed E-state index contributed by atoms with van der Waals surface area (Å²) < 4.78 is 44.5. The van der Waals surface area contributed by atoms with E-state index in [2.05, 4.69) is 0 Å². The fourth-order valence-corrected chi connectivity index (χ4v) is 6.09. The third kappa shape index (κ3) is 6.50. The van der Waals surface area contributed by atoms with Gasteiger partial charge in [0.1, 0.15) is 10.7 Å². The molecule has 10 heteroatoms. The smallest absolute Gasteiger partial charge is 0.305 e. The Kier molecular flexibility index (Phi) is 9.48. The molecule has 0 bridgehead atoms. The number of hydrogen-bond acceptors (Lipinski definition) is 5. The molecule has 38 heavy (non-hydrogen) atoms. The Morgan fingerprint density at radius 1 is 0.974 bits per heavy atom. The van der Waals surface area contributed by atoms with Gasteiger partial charge in [0.2, 0.25) is 10.0 Å². The number of halogens is 1. The topological polar surface area (TPSA) is 120 Å². The predicted octanol–water partition coefficient (Wildman–Crippen LogP) is 4.31. The molecule has 1 aromatic heterocycles. The van der Waals surface area contributed by atoms with Gasteiger partial charge in [0.25, 0.3) is 0 Å². The third-order valence-corrected chi connectivity index (χ3v) is 8.25. The van der Waals surface area contributed by atoms with Crippen LogP contribution in [-0.2, 0) is 21.4 Å². The van der Waals surface area contributed by atoms with E-state index in [-0.39, 0.29) is 30.2 Å². The molecule has 3 N–H and O–H groups in total. The van der Waals surface area contributed by atoms with Crippen molar-refractivity contribution in [3.8, 4) is 22.4 Å². The molecule has 206 valence electrons. The number of sulfonamides is 1. The standard InChI is InChI=1S/C28H35FN2O6S/c1-18(2)26-28(38(36,37)30(3)4)25(19-8-6-5-7-9-19)27(20-10-12-21(29)13-11-20)31(26)15-14-22(32)16-23(33)17-24(34)35/h5-13,18,22-23,32-33H,14-17H2,1-4H3,(H,34,35)/t22-,23-/m1/s1. The molecule has 0 fully saturated rings. The number of carboxylic acid groups (broad SMARTS) is 1. The van der Waals surface area contributed by atoms with Crippen molar-refractivity contribution in [1.82, 2.24) is 8.87 Å². The highest BCUT2D eigenvalue weighted by Crippen LogP contribution is 2.45. The van der Waals surface area contributed by atoms with Crippen LogP contribution in [0.2, 0.25) is 0 Å². The summed E-state index contributed by atoms with van der Waals surface area (Å²) in [4.78, 5) is 11.0. The van der Waals surface area contributed by atoms with Gasteiger partial charge in [0.15, 0.2) is 0 Å². The van der Waals surface area contributed by atoms with Crippen LogP contribution in [0.1, 0.15) is 44.7 Å². The van der Waals surface area contributed by atoms with Crippen LogP contribution in [0.3, 0.4) is 0 Å². The molecule has 8 nitrogen and oxygen atoms in total. The molecule has 3 aromatic rings. The number of nitrogens with zero attached hydrogens (tertiary/aromatic N) is 2. The van der Waals surface area contributed by atoms with E-state index in [9.17, 15) is 27.8 Å². The first-order chi connectivity index (χ1) is 17.8. The van der Waals surface area contributed by atoms with E-state index in [1.54, 1.807) is 12.1 Å². The van der Waals surface area contributed by atoms with Crippen LogP contribution in [0.25, 0.3) is 22.4 Å². The molecular weight excluding hydrogens is 511 g/mol. The minimum absolute atomic E-state index is 0.134. The number of carboxylic acids is 1. The van der Waals surface area contributed by atoms with E-state index in [0.717, 1.165) is 4.31 Å². The van der Waals surface area contributed by atoms with Gasteiger partial charge in [-0.3, -0.25) is 4.79 Å². The monoisotopic (exact) mass is 546 g/mol. The van der Waals surface area contributed by atoms with Crippen LogP contribution in [0.5, 0.6) is 0 Å². The van der Waals surface area contributed by atoms with Crippen LogP contribution in [-0.4, -0.2) is 64.9 Å². The number of aliphatic carboxylic acids is 1. The van der Waals surface area contributed by atoms with Crippen molar-refractivity contribution in [2.75, 3.05) is 14.1 Å². The average Bonchev–Trinajstić information content (AvgIpc) is 3.19. The van der Waals surface area contributed by atoms with E-state index in [4.69, 9.17) is 5.11 Å². The molecule has 0 radical (unpaired) electrons. The number of aliphatic hydroxyl groups excluding tert-OH is 2. The Hall–Kier alpha value is -3.05. The van der Waals surface area contributed by atoms with Crippen LogP contribution >= 0.6 is 0 Å². The fourth-order valence-electron chi connectivity index (χ4n) is 4.64. The first-order valence-corrected chi connectivity index (χ1v) is 13.9. The first kappa shape index (κ1) is 29.5. The summed E-state index contributed by atoms with van der Waals surface area (Å²) in [6.07, 6.45) is -2.72. The molecule has 0 saturated heterocycles. The second kappa shape index (κ2) is 12.2. The molecule has 0 aliphatic heterocycles. The number of hydrogen-bond donors (Lipinski definition) is 3. The highest BCUT2D eigenvalue weighted by atomic mass is 32.2. The Labute approximate surface area is 223 Å². The van der Waals surface area contributed by atoms with E-state index in [1.807, 2.05) is 48.7 Å². The number of aliphatic hydroxyl groups is 2. The summed E-state index contributed by atoms with van der Waals surface area (Å²) >= 11 is 0. The lowest BCUT2D eigenvalue weighted by Gasteiger charge is -2.20. The maximum atomic E-state index is 13.9. The minimum atomic E-state index is -3.95. The van der Waals surface area contributed by atoms with Gasteiger partial charge in [-0.05, 0) is 54.2 Å². The Morgan fingerprint density at radius 3 is 2.11 bits per heavy atom. The van der Waals surface area contributed by atoms with Crippen LogP contribution < -0.4 is 0 Å². The zero-order chi connectivity index (χ0) is 28.2. The van der Waals surface area contributed by atoms with Crippen molar-refractivity contribution in [2.45, 2.75) is 62.7 Å². The second-order valence-corrected chi connectivity index (χ2v) is 11.9. The SMILES string of the molecule is CC(C)c1c(S(=O)(=O)N(C)C)c(-c2ccccc2)c(-c2ccc(F)cc2)n1CC[C@@H](O)C[C@@H](O)CC(=O)O. The fraction of sp³-hybridized carbons (Fsp3) is 0.393. The molecule has 0 unspecified atom stereocenters. The van der Waals surface area contributed by atoms with Gasteiger partial charge in [-0.15, -0.1) is 0 Å². The second-order valence-electron chi connectivity index (χ2n) is 9.83. The largest absolute Gasteiger partial charge is 0.481 e. The van der Waals surface area contributed by atoms with Crippen LogP contribution in [0, 0.1) is 5.82 Å². The highest BCUT2D eigenvalue weighted by Gasteiger charge is 2.35. The van der Waals surface area contributed by atoms with E-state index in [1.165, 1.54) is 26.2 Å². The van der Waals surface area contributed by atoms with Gasteiger partial charge in [0.05, 0.1) is 24.3 Å². The lowest BCUT2D eigenvalue weighted by Crippen LogP contribution is -2.25. The summed E-state index contributed by atoms with van der Waals surface area (Å²) in [7, 11) is -1.01. The van der Waals surface area contributed by atoms with Crippen molar-refractivity contribution in [1.29, 1.82) is 0 Å². The zero-order valence-corrected chi connectivity index (χ0v) is 22.8. The summed E-state index contributed by atoms with van der Waals surface area (Å²) in [5.41, 5.74) is 2.86. The van der Waals surface area contributed by atoms with Crippen molar-refractivity contribution < 1.29 is 32.9 Å². The van der Waals surface area contributed by atoms with Crippen molar-refractivity contribution in [2.24, 2.45) is 0 Å². The summed E-state index contributed by atoms with van der Waals surface area (Å²) in [5.74, 6) is -1.84. The van der Waals surface area contributed by atoms with Crippen LogP contribution in [0.15, 0.2) is 59.5 Å². The predicted molar refractivity (Wildman–Crippen MR) is 144 cm³/mol.